The maximum atomic E-state index is 12.6. The fourth-order valence-corrected chi connectivity index (χ4v) is 3.74. The molecule has 7 nitrogen and oxygen atoms in total. The molecular weight excluding hydrogens is 358 g/mol. The first kappa shape index (κ1) is 18.4. The molecule has 1 aromatic rings. The Kier molecular flexibility index (Phi) is 5.27. The summed E-state index contributed by atoms with van der Waals surface area (Å²) in [6, 6.07) is 5.52. The van der Waals surface area contributed by atoms with Gasteiger partial charge in [0.1, 0.15) is 6.54 Å². The van der Waals surface area contributed by atoms with Crippen molar-refractivity contribution in [3.8, 4) is 0 Å². The molecule has 26 heavy (non-hydrogen) atoms. The number of carbonyl (C=O) groups excluding carboxylic acids is 4. The van der Waals surface area contributed by atoms with Crippen molar-refractivity contribution in [3.05, 3.63) is 29.3 Å². The highest BCUT2D eigenvalue weighted by Crippen LogP contribution is 2.31. The van der Waals surface area contributed by atoms with Crippen molar-refractivity contribution in [2.75, 3.05) is 11.9 Å². The van der Waals surface area contributed by atoms with E-state index in [2.05, 4.69) is 5.32 Å². The molecule has 3 rings (SSSR count). The van der Waals surface area contributed by atoms with Gasteiger partial charge in [0.05, 0.1) is 0 Å². The molecule has 1 saturated heterocycles. The Morgan fingerprint density at radius 1 is 1.19 bits per heavy atom. The third-order valence-corrected chi connectivity index (χ3v) is 5.13. The zero-order valence-corrected chi connectivity index (χ0v) is 15.2. The largest absolute Gasteiger partial charge is 0.334 e. The lowest BCUT2D eigenvalue weighted by Gasteiger charge is -2.34. The van der Waals surface area contributed by atoms with Gasteiger partial charge in [0.2, 0.25) is 5.91 Å². The molecule has 2 fully saturated rings. The van der Waals surface area contributed by atoms with E-state index in [9.17, 15) is 19.2 Å². The van der Waals surface area contributed by atoms with E-state index in [0.717, 1.165) is 24.2 Å². The van der Waals surface area contributed by atoms with Crippen LogP contribution in [0, 0.1) is 5.92 Å². The zero-order chi connectivity index (χ0) is 18.8. The topological polar surface area (TPSA) is 86.8 Å². The fraction of sp³-hybridized carbons (Fsp3) is 0.444. The van der Waals surface area contributed by atoms with Crippen LogP contribution < -0.4 is 5.32 Å². The number of hydrogen-bond donors (Lipinski definition) is 1. The first-order chi connectivity index (χ1) is 12.4. The minimum Gasteiger partial charge on any atom is -0.324 e. The number of imide groups is 2. The Labute approximate surface area is 156 Å². The Morgan fingerprint density at radius 2 is 1.92 bits per heavy atom. The van der Waals surface area contributed by atoms with Crippen LogP contribution in [0.3, 0.4) is 0 Å². The summed E-state index contributed by atoms with van der Waals surface area (Å²) in [5.41, 5.74) is 0.450. The zero-order valence-electron chi connectivity index (χ0n) is 14.4. The summed E-state index contributed by atoms with van der Waals surface area (Å²) in [4.78, 5) is 51.1. The van der Waals surface area contributed by atoms with Gasteiger partial charge in [-0.05, 0) is 37.0 Å². The van der Waals surface area contributed by atoms with Crippen LogP contribution in [-0.2, 0) is 14.4 Å². The Morgan fingerprint density at radius 3 is 2.62 bits per heavy atom. The second-order valence-corrected chi connectivity index (χ2v) is 7.17. The van der Waals surface area contributed by atoms with Crippen LogP contribution in [-0.4, -0.2) is 46.1 Å². The Bertz CT molecular complexity index is 767. The molecule has 1 N–H and O–H groups in total. The van der Waals surface area contributed by atoms with Crippen molar-refractivity contribution >= 4 is 41.0 Å². The molecule has 0 spiro atoms. The molecule has 1 aliphatic heterocycles. The second kappa shape index (κ2) is 7.45. The van der Waals surface area contributed by atoms with Crippen molar-refractivity contribution in [1.29, 1.82) is 0 Å². The molecule has 5 amide bonds. The summed E-state index contributed by atoms with van der Waals surface area (Å²) >= 11 is 5.86. The third-order valence-electron chi connectivity index (χ3n) is 4.89. The quantitative estimate of drug-likeness (QED) is 0.645. The number of carbonyl (C=O) groups is 4. The van der Waals surface area contributed by atoms with Crippen molar-refractivity contribution in [3.63, 3.8) is 0 Å². The average molecular weight is 378 g/mol. The number of urea groups is 1. The molecule has 0 aromatic heterocycles. The normalized spacial score (nSPS) is 23.5. The first-order valence-corrected chi connectivity index (χ1v) is 9.00. The third kappa shape index (κ3) is 3.58. The minimum absolute atomic E-state index is 0.143. The number of halogens is 1. The molecule has 0 radical (unpaired) electrons. The predicted molar refractivity (Wildman–Crippen MR) is 95.5 cm³/mol. The SMILES string of the molecule is C[C@H]1CCCC[C@@H]1N1C(=O)C(=O)N(CC(=O)Nc2cccc(Cl)c2)C1=O. The van der Waals surface area contributed by atoms with Crippen LogP contribution >= 0.6 is 11.6 Å². The number of amides is 5. The van der Waals surface area contributed by atoms with Gasteiger partial charge in [0, 0.05) is 16.8 Å². The van der Waals surface area contributed by atoms with Crippen LogP contribution in [0.5, 0.6) is 0 Å². The molecule has 1 heterocycles. The van der Waals surface area contributed by atoms with Crippen molar-refractivity contribution < 1.29 is 19.2 Å². The Hall–Kier alpha value is -2.41. The van der Waals surface area contributed by atoms with Gasteiger partial charge in [-0.1, -0.05) is 37.4 Å². The molecule has 0 bridgehead atoms. The van der Waals surface area contributed by atoms with Crippen LogP contribution in [0.2, 0.25) is 5.02 Å². The molecular formula is C18H20ClN3O4. The molecule has 8 heteroatoms. The minimum atomic E-state index is -0.950. The van der Waals surface area contributed by atoms with Crippen molar-refractivity contribution in [2.45, 2.75) is 38.6 Å². The van der Waals surface area contributed by atoms with Gasteiger partial charge in [-0.3, -0.25) is 19.3 Å². The number of nitrogens with zero attached hydrogens (tertiary/aromatic N) is 2. The summed E-state index contributed by atoms with van der Waals surface area (Å²) in [7, 11) is 0. The van der Waals surface area contributed by atoms with Crippen molar-refractivity contribution in [2.24, 2.45) is 5.92 Å². The predicted octanol–water partition coefficient (Wildman–Crippen LogP) is 2.65. The molecule has 1 saturated carbocycles. The number of nitrogens with one attached hydrogen (secondary N) is 1. The first-order valence-electron chi connectivity index (χ1n) is 8.63. The van der Waals surface area contributed by atoms with Crippen LogP contribution in [0.4, 0.5) is 10.5 Å². The lowest BCUT2D eigenvalue weighted by atomic mass is 9.85. The highest BCUT2D eigenvalue weighted by atomic mass is 35.5. The maximum Gasteiger partial charge on any atom is 0.334 e. The summed E-state index contributed by atoms with van der Waals surface area (Å²) in [6.45, 7) is 1.47. The Balaban J connectivity index is 1.70. The highest BCUT2D eigenvalue weighted by Gasteiger charge is 2.49. The van der Waals surface area contributed by atoms with Gasteiger partial charge in [0.15, 0.2) is 0 Å². The maximum absolute atomic E-state index is 12.6. The number of hydrogen-bond acceptors (Lipinski definition) is 4. The van der Waals surface area contributed by atoms with E-state index in [4.69, 9.17) is 11.6 Å². The van der Waals surface area contributed by atoms with E-state index >= 15 is 0 Å². The van der Waals surface area contributed by atoms with Gasteiger partial charge in [-0.2, -0.15) is 0 Å². The van der Waals surface area contributed by atoms with E-state index in [1.807, 2.05) is 6.92 Å². The number of rotatable bonds is 4. The standard InChI is InChI=1S/C18H20ClN3O4/c1-11-5-2-3-8-14(11)22-17(25)16(24)21(18(22)26)10-15(23)20-13-7-4-6-12(19)9-13/h4,6-7,9,11,14H,2-3,5,8,10H2,1H3,(H,20,23)/t11-,14-/m0/s1. The number of benzene rings is 1. The van der Waals surface area contributed by atoms with Crippen molar-refractivity contribution in [1.82, 2.24) is 9.80 Å². The summed E-state index contributed by atoms with van der Waals surface area (Å²) in [6.07, 6.45) is 3.56. The summed E-state index contributed by atoms with van der Waals surface area (Å²) in [5, 5.41) is 3.02. The van der Waals surface area contributed by atoms with Gasteiger partial charge in [0.25, 0.3) is 0 Å². The van der Waals surface area contributed by atoms with Gasteiger partial charge in [-0.15, -0.1) is 0 Å². The van der Waals surface area contributed by atoms with Crippen LogP contribution in [0.1, 0.15) is 32.6 Å². The van der Waals surface area contributed by atoms with Crippen LogP contribution in [0.25, 0.3) is 0 Å². The van der Waals surface area contributed by atoms with Gasteiger partial charge < -0.3 is 5.32 Å². The molecule has 1 aromatic carbocycles. The molecule has 0 unspecified atom stereocenters. The van der Waals surface area contributed by atoms with E-state index in [0.29, 0.717) is 22.0 Å². The van der Waals surface area contributed by atoms with E-state index in [1.54, 1.807) is 24.3 Å². The average Bonchev–Trinajstić information content (AvgIpc) is 2.79. The fourth-order valence-electron chi connectivity index (χ4n) is 3.54. The molecule has 1 aliphatic carbocycles. The summed E-state index contributed by atoms with van der Waals surface area (Å²) < 4.78 is 0. The second-order valence-electron chi connectivity index (χ2n) is 6.74. The lowest BCUT2D eigenvalue weighted by Crippen LogP contribution is -2.46. The molecule has 138 valence electrons. The summed E-state index contributed by atoms with van der Waals surface area (Å²) in [5.74, 6) is -2.22. The van der Waals surface area contributed by atoms with Gasteiger partial charge in [-0.25, -0.2) is 9.69 Å². The monoisotopic (exact) mass is 377 g/mol. The molecule has 2 atom stereocenters. The van der Waals surface area contributed by atoms with E-state index in [1.165, 1.54) is 0 Å². The highest BCUT2D eigenvalue weighted by molar-refractivity contribution is 6.45. The molecule has 2 aliphatic rings. The number of anilines is 1. The smallest absolute Gasteiger partial charge is 0.324 e. The lowest BCUT2D eigenvalue weighted by molar-refractivity contribution is -0.145. The van der Waals surface area contributed by atoms with E-state index < -0.39 is 30.3 Å². The van der Waals surface area contributed by atoms with Crippen LogP contribution in [0.15, 0.2) is 24.3 Å². The van der Waals surface area contributed by atoms with Gasteiger partial charge >= 0.3 is 17.8 Å². The van der Waals surface area contributed by atoms with E-state index in [-0.39, 0.29) is 12.0 Å².